The van der Waals surface area contributed by atoms with Gasteiger partial charge < -0.3 is 34.6 Å². The van der Waals surface area contributed by atoms with Gasteiger partial charge in [-0.05, 0) is 61.7 Å². The number of nitrogens with one attached hydrogen (secondary N) is 2. The molecule has 0 bridgehead atoms. The standard InChI is InChI=1S/C38H44N4O6S/c1-42(21-19-28-22-40-37(48-28)38(46,26-8-4-2-5-9-26)27-10-6-3-7-11-27)24-30-13-12-29(49-30)18-20-39-23-33(44)31-14-16-34(47-25-43)36-32(31)15-17-35(45)41-36/h2,4-5,8-9,12-17,22,25,27,33,39,44,46H,3,6-7,10-11,18-21,23-24H2,1H3,(H,41,45)/t33-,38?/m0/s1. The first-order valence-electron chi connectivity index (χ1n) is 17.0. The number of ether oxygens (including phenoxy) is 1. The minimum atomic E-state index is -1.22. The first-order valence-corrected chi connectivity index (χ1v) is 17.8. The number of benzene rings is 2. The van der Waals surface area contributed by atoms with Gasteiger partial charge in [0.2, 0.25) is 11.4 Å². The number of pyridine rings is 1. The number of nitrogens with zero attached hydrogens (tertiary/aromatic N) is 2. The second kappa shape index (κ2) is 16.1. The average Bonchev–Trinajstić information content (AvgIpc) is 3.80. The number of carbonyl (C=O) groups excluding carboxylic acids is 1. The van der Waals surface area contributed by atoms with Gasteiger partial charge in [0.1, 0.15) is 5.76 Å². The van der Waals surface area contributed by atoms with Crippen LogP contribution in [-0.4, -0.2) is 58.2 Å². The van der Waals surface area contributed by atoms with Crippen LogP contribution in [0.1, 0.15) is 70.7 Å². The molecule has 0 spiro atoms. The Balaban J connectivity index is 0.980. The van der Waals surface area contributed by atoms with Crippen molar-refractivity contribution in [3.05, 3.63) is 116 Å². The van der Waals surface area contributed by atoms with Crippen LogP contribution in [0.25, 0.3) is 10.9 Å². The number of H-pyrrole nitrogens is 1. The number of thiophene rings is 1. The van der Waals surface area contributed by atoms with E-state index in [0.29, 0.717) is 48.3 Å². The zero-order valence-corrected chi connectivity index (χ0v) is 28.6. The van der Waals surface area contributed by atoms with E-state index in [1.165, 1.54) is 22.2 Å². The Labute approximate surface area is 289 Å². The first-order chi connectivity index (χ1) is 23.8. The molecule has 5 aromatic rings. The van der Waals surface area contributed by atoms with Gasteiger partial charge in [0, 0.05) is 59.7 Å². The number of aliphatic hydroxyl groups excluding tert-OH is 1. The minimum absolute atomic E-state index is 0.0854. The Bertz CT molecular complexity index is 1880. The molecule has 6 rings (SSSR count). The number of hydrogen-bond donors (Lipinski definition) is 4. The van der Waals surface area contributed by atoms with Crippen LogP contribution >= 0.6 is 11.3 Å². The molecule has 10 nitrogen and oxygen atoms in total. The Morgan fingerprint density at radius 3 is 2.67 bits per heavy atom. The molecule has 0 radical (unpaired) electrons. The van der Waals surface area contributed by atoms with E-state index in [9.17, 15) is 19.8 Å². The summed E-state index contributed by atoms with van der Waals surface area (Å²) >= 11 is 1.78. The van der Waals surface area contributed by atoms with Crippen LogP contribution in [0.4, 0.5) is 0 Å². The lowest BCUT2D eigenvalue weighted by molar-refractivity contribution is -0.120. The second-order valence-electron chi connectivity index (χ2n) is 12.9. The summed E-state index contributed by atoms with van der Waals surface area (Å²) in [7, 11) is 2.10. The normalized spacial score (nSPS) is 15.8. The fraction of sp³-hybridized carbons (Fsp3) is 0.395. The minimum Gasteiger partial charge on any atom is -0.442 e. The number of hydrogen-bond acceptors (Lipinski definition) is 10. The summed E-state index contributed by atoms with van der Waals surface area (Å²) < 4.78 is 11.3. The fourth-order valence-corrected chi connectivity index (χ4v) is 7.98. The summed E-state index contributed by atoms with van der Waals surface area (Å²) in [4.78, 5) is 34.8. The molecule has 3 aromatic heterocycles. The average molecular weight is 685 g/mol. The van der Waals surface area contributed by atoms with Crippen LogP contribution in [0.2, 0.25) is 0 Å². The summed E-state index contributed by atoms with van der Waals surface area (Å²) in [5, 5.41) is 26.9. The van der Waals surface area contributed by atoms with Crippen molar-refractivity contribution in [1.29, 1.82) is 0 Å². The van der Waals surface area contributed by atoms with Gasteiger partial charge in [-0.15, -0.1) is 11.3 Å². The number of aliphatic hydroxyl groups is 2. The molecule has 0 amide bonds. The Hall–Kier alpha value is -4.13. The maximum Gasteiger partial charge on any atom is 0.298 e. The Kier molecular flexibility index (Phi) is 11.4. The van der Waals surface area contributed by atoms with Crippen molar-refractivity contribution in [3.8, 4) is 5.75 Å². The van der Waals surface area contributed by atoms with Crippen molar-refractivity contribution in [2.75, 3.05) is 26.7 Å². The number of aromatic amines is 1. The highest BCUT2D eigenvalue weighted by Crippen LogP contribution is 2.43. The molecule has 4 N–H and O–H groups in total. The third kappa shape index (κ3) is 8.20. The lowest BCUT2D eigenvalue weighted by atomic mass is 9.73. The Morgan fingerprint density at radius 1 is 1.08 bits per heavy atom. The number of aromatic nitrogens is 2. The van der Waals surface area contributed by atoms with Gasteiger partial charge in [-0.2, -0.15) is 0 Å². The summed E-state index contributed by atoms with van der Waals surface area (Å²) in [6, 6.07) is 20.4. The predicted molar refractivity (Wildman–Crippen MR) is 190 cm³/mol. The quantitative estimate of drug-likeness (QED) is 0.0787. The molecule has 258 valence electrons. The molecule has 1 unspecified atom stereocenters. The number of rotatable bonds is 16. The lowest BCUT2D eigenvalue weighted by Crippen LogP contribution is -2.38. The van der Waals surface area contributed by atoms with Gasteiger partial charge in [0.15, 0.2) is 11.4 Å². The van der Waals surface area contributed by atoms with Crippen molar-refractivity contribution in [2.45, 2.75) is 63.2 Å². The van der Waals surface area contributed by atoms with E-state index in [4.69, 9.17) is 9.15 Å². The highest BCUT2D eigenvalue weighted by molar-refractivity contribution is 7.11. The largest absolute Gasteiger partial charge is 0.442 e. The van der Waals surface area contributed by atoms with Gasteiger partial charge in [0.05, 0.1) is 17.8 Å². The van der Waals surface area contributed by atoms with Gasteiger partial charge in [0.25, 0.3) is 6.47 Å². The topological polar surface area (TPSA) is 141 Å². The number of likely N-dealkylation sites (N-methyl/N-ethyl adjacent to an activating group) is 1. The first kappa shape index (κ1) is 34.7. The zero-order chi connectivity index (χ0) is 34.2. The third-order valence-electron chi connectivity index (χ3n) is 9.48. The monoisotopic (exact) mass is 684 g/mol. The number of oxazole rings is 1. The van der Waals surface area contributed by atoms with Crippen molar-refractivity contribution >= 4 is 28.7 Å². The van der Waals surface area contributed by atoms with Crippen LogP contribution in [0.15, 0.2) is 82.1 Å². The van der Waals surface area contributed by atoms with Crippen molar-refractivity contribution in [2.24, 2.45) is 5.92 Å². The van der Waals surface area contributed by atoms with Crippen LogP contribution in [0, 0.1) is 5.92 Å². The Morgan fingerprint density at radius 2 is 1.88 bits per heavy atom. The fourth-order valence-electron chi connectivity index (χ4n) is 6.88. The van der Waals surface area contributed by atoms with Gasteiger partial charge in [-0.3, -0.25) is 9.59 Å². The molecule has 2 aromatic carbocycles. The van der Waals surface area contributed by atoms with Gasteiger partial charge >= 0.3 is 0 Å². The van der Waals surface area contributed by atoms with Crippen molar-refractivity contribution in [1.82, 2.24) is 20.2 Å². The molecule has 0 aliphatic heterocycles. The molecule has 1 aliphatic carbocycles. The van der Waals surface area contributed by atoms with E-state index in [0.717, 1.165) is 56.5 Å². The number of fused-ring (bicyclic) bond motifs is 1. The zero-order valence-electron chi connectivity index (χ0n) is 27.8. The van der Waals surface area contributed by atoms with Crippen molar-refractivity contribution < 1.29 is 24.2 Å². The van der Waals surface area contributed by atoms with E-state index in [1.807, 2.05) is 30.3 Å². The molecule has 2 atom stereocenters. The molecule has 1 aliphatic rings. The summed E-state index contributed by atoms with van der Waals surface area (Å²) in [5.41, 5.74) is 0.317. The smallest absolute Gasteiger partial charge is 0.298 e. The van der Waals surface area contributed by atoms with Crippen LogP contribution in [0.5, 0.6) is 5.75 Å². The maximum atomic E-state index is 12.1. The second-order valence-corrected chi connectivity index (χ2v) is 14.2. The van der Waals surface area contributed by atoms with E-state index in [1.54, 1.807) is 35.7 Å². The molecule has 49 heavy (non-hydrogen) atoms. The third-order valence-corrected chi connectivity index (χ3v) is 10.6. The summed E-state index contributed by atoms with van der Waals surface area (Å²) in [6.07, 6.45) is 7.83. The molecular formula is C38H44N4O6S. The molecule has 3 heterocycles. The van der Waals surface area contributed by atoms with Crippen LogP contribution in [-0.2, 0) is 29.8 Å². The SMILES string of the molecule is CN(CCc1cnc(C(O)(c2ccccc2)C2CCCCC2)o1)Cc1ccc(CCNC[C@H](O)c2ccc(OC=O)c3[nH]c(=O)ccc23)s1. The lowest BCUT2D eigenvalue weighted by Gasteiger charge is -2.36. The van der Waals surface area contributed by atoms with E-state index >= 15 is 0 Å². The van der Waals surface area contributed by atoms with Crippen LogP contribution < -0.4 is 15.6 Å². The molecular weight excluding hydrogens is 641 g/mol. The maximum absolute atomic E-state index is 12.1. The molecule has 1 fully saturated rings. The molecule has 11 heteroatoms. The predicted octanol–water partition coefficient (Wildman–Crippen LogP) is 5.47. The summed E-state index contributed by atoms with van der Waals surface area (Å²) in [6.45, 7) is 2.94. The van der Waals surface area contributed by atoms with Crippen LogP contribution in [0.3, 0.4) is 0 Å². The molecule has 1 saturated carbocycles. The highest BCUT2D eigenvalue weighted by Gasteiger charge is 2.44. The molecule has 0 saturated heterocycles. The van der Waals surface area contributed by atoms with Gasteiger partial charge in [-0.25, -0.2) is 4.98 Å². The number of carbonyl (C=O) groups is 1. The highest BCUT2D eigenvalue weighted by atomic mass is 32.1. The van der Waals surface area contributed by atoms with E-state index in [2.05, 4.69) is 39.4 Å². The van der Waals surface area contributed by atoms with Crippen molar-refractivity contribution in [3.63, 3.8) is 0 Å². The van der Waals surface area contributed by atoms with Gasteiger partial charge in [-0.1, -0.05) is 55.7 Å². The summed E-state index contributed by atoms with van der Waals surface area (Å²) in [5.74, 6) is 1.50. The van der Waals surface area contributed by atoms with E-state index in [-0.39, 0.29) is 17.2 Å². The van der Waals surface area contributed by atoms with E-state index < -0.39 is 11.7 Å².